The average molecular weight is 226 g/mol. The van der Waals surface area contributed by atoms with Crippen molar-refractivity contribution in [1.29, 1.82) is 5.26 Å². The number of hydrogen-bond acceptors (Lipinski definition) is 4. The lowest BCUT2D eigenvalue weighted by molar-refractivity contribution is -0.128. The molecule has 2 N–H and O–H groups in total. The smallest absolute Gasteiger partial charge is 0.246 e. The molecule has 1 aliphatic rings. The van der Waals surface area contributed by atoms with E-state index in [0.717, 1.165) is 25.7 Å². The second kappa shape index (κ2) is 7.20. The molecule has 90 valence electrons. The second-order valence-corrected chi connectivity index (χ2v) is 4.07. The fraction of sp³-hybridized carbons (Fsp3) is 0.818. The summed E-state index contributed by atoms with van der Waals surface area (Å²) >= 11 is 0. The Balaban J connectivity index is 2.10. The van der Waals surface area contributed by atoms with Crippen molar-refractivity contribution in [2.45, 2.75) is 31.8 Å². The van der Waals surface area contributed by atoms with E-state index in [2.05, 4.69) is 5.32 Å². The van der Waals surface area contributed by atoms with Gasteiger partial charge in [-0.25, -0.2) is 0 Å². The lowest BCUT2D eigenvalue weighted by Crippen LogP contribution is -2.31. The van der Waals surface area contributed by atoms with Crippen LogP contribution in [0, 0.1) is 17.2 Å². The third-order valence-electron chi connectivity index (χ3n) is 2.87. The average Bonchev–Trinajstić information content (AvgIpc) is 2.34. The van der Waals surface area contributed by atoms with E-state index in [9.17, 15) is 4.79 Å². The summed E-state index contributed by atoms with van der Waals surface area (Å²) in [6, 6.07) is 1.83. The highest BCUT2D eigenvalue weighted by Gasteiger charge is 2.21. The van der Waals surface area contributed by atoms with Crippen LogP contribution in [-0.4, -0.2) is 36.9 Å². The molecule has 0 atom stereocenters. The van der Waals surface area contributed by atoms with Gasteiger partial charge in [0, 0.05) is 6.61 Å². The number of nitrogens with zero attached hydrogens (tertiary/aromatic N) is 1. The van der Waals surface area contributed by atoms with Crippen LogP contribution < -0.4 is 5.32 Å². The van der Waals surface area contributed by atoms with Crippen molar-refractivity contribution in [3.8, 4) is 6.07 Å². The monoisotopic (exact) mass is 226 g/mol. The molecule has 0 aromatic carbocycles. The Morgan fingerprint density at radius 2 is 2.12 bits per heavy atom. The molecule has 0 heterocycles. The van der Waals surface area contributed by atoms with Gasteiger partial charge in [-0.05, 0) is 31.6 Å². The summed E-state index contributed by atoms with van der Waals surface area (Å²) < 4.78 is 5.43. The first-order valence-corrected chi connectivity index (χ1v) is 5.62. The number of aliphatic hydroxyl groups is 1. The first kappa shape index (κ1) is 12.9. The van der Waals surface area contributed by atoms with Gasteiger partial charge in [0.05, 0.1) is 12.2 Å². The summed E-state index contributed by atoms with van der Waals surface area (Å²) in [7, 11) is 0. The fourth-order valence-electron chi connectivity index (χ4n) is 1.86. The lowest BCUT2D eigenvalue weighted by Gasteiger charge is -2.27. The molecule has 1 fully saturated rings. The first-order valence-electron chi connectivity index (χ1n) is 5.62. The quantitative estimate of drug-likeness (QED) is 0.656. The van der Waals surface area contributed by atoms with Crippen LogP contribution in [0.5, 0.6) is 0 Å². The summed E-state index contributed by atoms with van der Waals surface area (Å²) in [6.45, 7) is 0.297. The Bertz CT molecular complexity index is 254. The van der Waals surface area contributed by atoms with E-state index in [0.29, 0.717) is 5.92 Å². The van der Waals surface area contributed by atoms with Crippen molar-refractivity contribution in [1.82, 2.24) is 5.32 Å². The van der Waals surface area contributed by atoms with E-state index in [1.54, 1.807) is 0 Å². The highest BCUT2D eigenvalue weighted by Crippen LogP contribution is 2.25. The molecular weight excluding hydrogens is 208 g/mol. The van der Waals surface area contributed by atoms with Crippen LogP contribution in [0.4, 0.5) is 0 Å². The second-order valence-electron chi connectivity index (χ2n) is 4.07. The highest BCUT2D eigenvalue weighted by molar-refractivity contribution is 5.77. The van der Waals surface area contributed by atoms with Gasteiger partial charge in [0.25, 0.3) is 0 Å². The molecule has 5 nitrogen and oxygen atoms in total. The van der Waals surface area contributed by atoms with Gasteiger partial charge < -0.3 is 15.2 Å². The molecule has 0 spiro atoms. The summed E-state index contributed by atoms with van der Waals surface area (Å²) in [5, 5.41) is 19.6. The molecule has 0 aromatic rings. The van der Waals surface area contributed by atoms with Crippen molar-refractivity contribution in [2.75, 3.05) is 19.8 Å². The van der Waals surface area contributed by atoms with E-state index in [1.807, 2.05) is 6.07 Å². The summed E-state index contributed by atoms with van der Waals surface area (Å²) in [5.41, 5.74) is 0. The van der Waals surface area contributed by atoms with Crippen molar-refractivity contribution in [3.63, 3.8) is 0 Å². The zero-order chi connectivity index (χ0) is 11.8. The number of hydrogen-bond donors (Lipinski definition) is 2. The number of ether oxygens (including phenoxy) is 1. The third-order valence-corrected chi connectivity index (χ3v) is 2.87. The molecule has 16 heavy (non-hydrogen) atoms. The predicted octanol–water partition coefficient (Wildman–Crippen LogP) is 0.194. The maximum absolute atomic E-state index is 11.1. The highest BCUT2D eigenvalue weighted by atomic mass is 16.5. The lowest BCUT2D eigenvalue weighted by atomic mass is 9.88. The Kier molecular flexibility index (Phi) is 5.83. The van der Waals surface area contributed by atoms with Crippen LogP contribution in [0.2, 0.25) is 0 Å². The Labute approximate surface area is 95.4 Å². The largest absolute Gasteiger partial charge is 0.396 e. The normalized spacial score (nSPS) is 24.8. The molecule has 5 heteroatoms. The van der Waals surface area contributed by atoms with Gasteiger partial charge in [0.15, 0.2) is 0 Å². The van der Waals surface area contributed by atoms with Crippen LogP contribution in [0.15, 0.2) is 0 Å². The van der Waals surface area contributed by atoms with Crippen LogP contribution in [0.1, 0.15) is 25.7 Å². The molecule has 0 aromatic heterocycles. The number of carbonyl (C=O) groups excluding carboxylic acids is 1. The van der Waals surface area contributed by atoms with Gasteiger partial charge in [-0.1, -0.05) is 0 Å². The van der Waals surface area contributed by atoms with Crippen molar-refractivity contribution < 1.29 is 14.6 Å². The number of nitrogens with one attached hydrogen (secondary N) is 1. The number of amides is 1. The zero-order valence-electron chi connectivity index (χ0n) is 9.32. The number of rotatable bonds is 5. The minimum absolute atomic E-state index is 0.0239. The minimum Gasteiger partial charge on any atom is -0.396 e. The Hall–Kier alpha value is -1.12. The SMILES string of the molecule is N#CCNC(=O)COC1CCC(CO)CC1. The predicted molar refractivity (Wildman–Crippen MR) is 57.4 cm³/mol. The van der Waals surface area contributed by atoms with Gasteiger partial charge in [0.2, 0.25) is 5.91 Å². The molecule has 1 amide bonds. The van der Waals surface area contributed by atoms with Crippen molar-refractivity contribution >= 4 is 5.91 Å². The minimum atomic E-state index is -0.245. The van der Waals surface area contributed by atoms with Gasteiger partial charge in [0.1, 0.15) is 13.2 Å². The van der Waals surface area contributed by atoms with Gasteiger partial charge >= 0.3 is 0 Å². The van der Waals surface area contributed by atoms with E-state index in [1.165, 1.54) is 0 Å². The van der Waals surface area contributed by atoms with Gasteiger partial charge in [-0.2, -0.15) is 5.26 Å². The number of carbonyl (C=O) groups is 1. The van der Waals surface area contributed by atoms with E-state index < -0.39 is 0 Å². The maximum Gasteiger partial charge on any atom is 0.246 e. The summed E-state index contributed by atoms with van der Waals surface area (Å²) in [6.07, 6.45) is 3.84. The van der Waals surface area contributed by atoms with Gasteiger partial charge in [-0.3, -0.25) is 4.79 Å². The third kappa shape index (κ3) is 4.60. The molecule has 1 aliphatic carbocycles. The van der Waals surface area contributed by atoms with Gasteiger partial charge in [-0.15, -0.1) is 0 Å². The summed E-state index contributed by atoms with van der Waals surface area (Å²) in [4.78, 5) is 11.1. The van der Waals surface area contributed by atoms with Crippen LogP contribution >= 0.6 is 0 Å². The fourth-order valence-corrected chi connectivity index (χ4v) is 1.86. The molecule has 0 bridgehead atoms. The molecular formula is C11H18N2O3. The van der Waals surface area contributed by atoms with Crippen molar-refractivity contribution in [2.24, 2.45) is 5.92 Å². The number of aliphatic hydroxyl groups excluding tert-OH is 1. The maximum atomic E-state index is 11.1. The molecule has 1 saturated carbocycles. The molecule has 1 rings (SSSR count). The van der Waals surface area contributed by atoms with E-state index in [-0.39, 0.29) is 31.8 Å². The molecule has 0 unspecified atom stereocenters. The molecule has 0 radical (unpaired) electrons. The molecule has 0 saturated heterocycles. The zero-order valence-corrected chi connectivity index (χ0v) is 9.32. The standard InChI is InChI=1S/C11H18N2O3/c12-5-6-13-11(15)8-16-10-3-1-9(7-14)2-4-10/h9-10,14H,1-4,6-8H2,(H,13,15). The van der Waals surface area contributed by atoms with E-state index >= 15 is 0 Å². The van der Waals surface area contributed by atoms with Crippen LogP contribution in [0.25, 0.3) is 0 Å². The topological polar surface area (TPSA) is 82.4 Å². The van der Waals surface area contributed by atoms with Crippen LogP contribution in [-0.2, 0) is 9.53 Å². The Morgan fingerprint density at radius 1 is 1.44 bits per heavy atom. The van der Waals surface area contributed by atoms with Crippen LogP contribution in [0.3, 0.4) is 0 Å². The van der Waals surface area contributed by atoms with Crippen molar-refractivity contribution in [3.05, 3.63) is 0 Å². The summed E-state index contributed by atoms with van der Waals surface area (Å²) in [5.74, 6) is 0.151. The Morgan fingerprint density at radius 3 is 2.69 bits per heavy atom. The molecule has 0 aliphatic heterocycles. The van der Waals surface area contributed by atoms with E-state index in [4.69, 9.17) is 15.1 Å². The number of nitriles is 1. The first-order chi connectivity index (χ1) is 7.76.